The van der Waals surface area contributed by atoms with Crippen molar-refractivity contribution in [3.63, 3.8) is 0 Å². The maximum atomic E-state index is 13.0. The Balaban J connectivity index is 1.99. The fourth-order valence-electron chi connectivity index (χ4n) is 2.03. The number of fused-ring (bicyclic) bond motifs is 1. The van der Waals surface area contributed by atoms with E-state index in [9.17, 15) is 4.39 Å². The molecular formula is C11H11ClFN3. The maximum absolute atomic E-state index is 13.0. The molecule has 0 saturated carbocycles. The number of benzene rings is 1. The van der Waals surface area contributed by atoms with Gasteiger partial charge in [-0.05, 0) is 24.6 Å². The number of halogens is 2. The number of hydrogen-bond acceptors (Lipinski definition) is 2. The summed E-state index contributed by atoms with van der Waals surface area (Å²) < 4.78 is 13.0. The largest absolute Gasteiger partial charge is 0.341 e. The molecule has 1 aliphatic heterocycles. The van der Waals surface area contributed by atoms with Gasteiger partial charge in [0.1, 0.15) is 5.82 Å². The molecule has 0 amide bonds. The Hall–Kier alpha value is -1.29. The summed E-state index contributed by atoms with van der Waals surface area (Å²) in [5, 5.41) is 0.185. The summed E-state index contributed by atoms with van der Waals surface area (Å²) in [6.07, 6.45) is 0.965. The first-order valence-corrected chi connectivity index (χ1v) is 5.70. The van der Waals surface area contributed by atoms with Crippen LogP contribution in [0.25, 0.3) is 11.0 Å². The summed E-state index contributed by atoms with van der Waals surface area (Å²) in [4.78, 5) is 9.62. The Labute approximate surface area is 97.2 Å². The van der Waals surface area contributed by atoms with Gasteiger partial charge in [0.05, 0.1) is 16.4 Å². The molecule has 1 aromatic heterocycles. The molecule has 2 heterocycles. The van der Waals surface area contributed by atoms with E-state index in [2.05, 4.69) is 14.9 Å². The highest BCUT2D eigenvalue weighted by Crippen LogP contribution is 2.23. The minimum atomic E-state index is -0.251. The molecule has 1 fully saturated rings. The summed E-state index contributed by atoms with van der Waals surface area (Å²) in [7, 11) is 0. The molecule has 84 valence electrons. The van der Waals surface area contributed by atoms with Crippen LogP contribution in [0.3, 0.4) is 0 Å². The number of rotatable bonds is 1. The first-order chi connectivity index (χ1) is 7.72. The van der Waals surface area contributed by atoms with Gasteiger partial charge in [0.2, 0.25) is 5.95 Å². The number of aromatic nitrogens is 2. The van der Waals surface area contributed by atoms with Gasteiger partial charge in [0.25, 0.3) is 0 Å². The van der Waals surface area contributed by atoms with Crippen molar-refractivity contribution in [1.82, 2.24) is 9.97 Å². The number of anilines is 1. The van der Waals surface area contributed by atoms with Crippen LogP contribution in [0.5, 0.6) is 0 Å². The number of hydrogen-bond donors (Lipinski definition) is 1. The standard InChI is InChI=1S/C11H11ClFN3/c12-7-3-4-16(6-7)11-14-9-2-1-8(13)5-10(9)15-11/h1-2,5,7H,3-4,6H2,(H,14,15). The predicted octanol–water partition coefficient (Wildman–Crippen LogP) is 2.52. The Morgan fingerprint density at radius 2 is 2.38 bits per heavy atom. The van der Waals surface area contributed by atoms with Crippen molar-refractivity contribution >= 4 is 28.6 Å². The second-order valence-corrected chi connectivity index (χ2v) is 4.67. The van der Waals surface area contributed by atoms with Crippen LogP contribution in [-0.2, 0) is 0 Å². The molecule has 0 radical (unpaired) electrons. The zero-order valence-electron chi connectivity index (χ0n) is 8.58. The quantitative estimate of drug-likeness (QED) is 0.776. The third kappa shape index (κ3) is 1.63. The van der Waals surface area contributed by atoms with Gasteiger partial charge in [0.15, 0.2) is 0 Å². The van der Waals surface area contributed by atoms with E-state index < -0.39 is 0 Å². The van der Waals surface area contributed by atoms with Crippen LogP contribution in [0.2, 0.25) is 0 Å². The van der Waals surface area contributed by atoms with Gasteiger partial charge in [-0.3, -0.25) is 0 Å². The van der Waals surface area contributed by atoms with Crippen LogP contribution >= 0.6 is 11.6 Å². The van der Waals surface area contributed by atoms with E-state index in [1.807, 2.05) is 0 Å². The molecule has 0 bridgehead atoms. The molecular weight excluding hydrogens is 229 g/mol. The molecule has 0 spiro atoms. The second-order valence-electron chi connectivity index (χ2n) is 4.05. The van der Waals surface area contributed by atoms with Crippen LogP contribution in [0.4, 0.5) is 10.3 Å². The normalized spacial score (nSPS) is 20.9. The first kappa shape index (κ1) is 9.90. The van der Waals surface area contributed by atoms with E-state index in [0.29, 0.717) is 0 Å². The van der Waals surface area contributed by atoms with E-state index in [4.69, 9.17) is 11.6 Å². The SMILES string of the molecule is Fc1ccc2nc(N3CCC(Cl)C3)[nH]c2c1. The van der Waals surface area contributed by atoms with Gasteiger partial charge in [-0.15, -0.1) is 11.6 Å². The molecule has 3 nitrogen and oxygen atoms in total. The van der Waals surface area contributed by atoms with Crippen LogP contribution in [0.15, 0.2) is 18.2 Å². The lowest BCUT2D eigenvalue weighted by Crippen LogP contribution is -2.20. The van der Waals surface area contributed by atoms with E-state index in [1.165, 1.54) is 12.1 Å². The van der Waals surface area contributed by atoms with E-state index >= 15 is 0 Å². The Morgan fingerprint density at radius 1 is 1.50 bits per heavy atom. The van der Waals surface area contributed by atoms with Crippen molar-refractivity contribution in [2.24, 2.45) is 0 Å². The summed E-state index contributed by atoms with van der Waals surface area (Å²) in [5.41, 5.74) is 1.52. The summed E-state index contributed by atoms with van der Waals surface area (Å²) in [6.45, 7) is 1.69. The predicted molar refractivity (Wildman–Crippen MR) is 62.5 cm³/mol. The van der Waals surface area contributed by atoms with Gasteiger partial charge in [-0.25, -0.2) is 9.37 Å². The molecule has 0 aliphatic carbocycles. The number of nitrogens with zero attached hydrogens (tertiary/aromatic N) is 2. The monoisotopic (exact) mass is 239 g/mol. The topological polar surface area (TPSA) is 31.9 Å². The lowest BCUT2D eigenvalue weighted by Gasteiger charge is -2.12. The van der Waals surface area contributed by atoms with Gasteiger partial charge in [-0.1, -0.05) is 0 Å². The molecule has 1 atom stereocenters. The fourth-order valence-corrected chi connectivity index (χ4v) is 2.29. The first-order valence-electron chi connectivity index (χ1n) is 5.27. The number of aromatic amines is 1. The van der Waals surface area contributed by atoms with Crippen molar-refractivity contribution in [1.29, 1.82) is 0 Å². The zero-order chi connectivity index (χ0) is 11.1. The second kappa shape index (κ2) is 3.63. The van der Waals surface area contributed by atoms with Gasteiger partial charge in [0, 0.05) is 13.1 Å². The van der Waals surface area contributed by atoms with Gasteiger partial charge < -0.3 is 9.88 Å². The molecule has 1 N–H and O–H groups in total. The summed E-state index contributed by atoms with van der Waals surface area (Å²) in [5.74, 6) is 0.531. The Morgan fingerprint density at radius 3 is 3.12 bits per heavy atom. The number of imidazole rings is 1. The molecule has 3 rings (SSSR count). The number of H-pyrrole nitrogens is 1. The minimum absolute atomic E-state index is 0.185. The third-order valence-corrected chi connectivity index (χ3v) is 3.22. The fraction of sp³-hybridized carbons (Fsp3) is 0.364. The van der Waals surface area contributed by atoms with Crippen molar-refractivity contribution in [2.45, 2.75) is 11.8 Å². The van der Waals surface area contributed by atoms with E-state index in [1.54, 1.807) is 6.07 Å². The molecule has 16 heavy (non-hydrogen) atoms. The van der Waals surface area contributed by atoms with Crippen LogP contribution < -0.4 is 4.90 Å². The van der Waals surface area contributed by atoms with Crippen molar-refractivity contribution in [3.05, 3.63) is 24.0 Å². The minimum Gasteiger partial charge on any atom is -0.341 e. The van der Waals surface area contributed by atoms with Crippen LogP contribution in [-0.4, -0.2) is 28.4 Å². The van der Waals surface area contributed by atoms with Crippen LogP contribution in [0, 0.1) is 5.82 Å². The maximum Gasteiger partial charge on any atom is 0.203 e. The average Bonchev–Trinajstić information content (AvgIpc) is 2.83. The third-order valence-electron chi connectivity index (χ3n) is 2.86. The Kier molecular flexibility index (Phi) is 2.24. The summed E-state index contributed by atoms with van der Waals surface area (Å²) in [6, 6.07) is 4.56. The lowest BCUT2D eigenvalue weighted by atomic mass is 10.3. The highest BCUT2D eigenvalue weighted by atomic mass is 35.5. The van der Waals surface area contributed by atoms with Gasteiger partial charge in [-0.2, -0.15) is 0 Å². The highest BCUT2D eigenvalue weighted by Gasteiger charge is 2.22. The molecule has 5 heteroatoms. The van der Waals surface area contributed by atoms with Gasteiger partial charge >= 0.3 is 0 Å². The van der Waals surface area contributed by atoms with Crippen molar-refractivity contribution in [2.75, 3.05) is 18.0 Å². The van der Waals surface area contributed by atoms with Crippen molar-refractivity contribution < 1.29 is 4.39 Å². The Bertz CT molecular complexity index is 525. The van der Waals surface area contributed by atoms with Crippen molar-refractivity contribution in [3.8, 4) is 0 Å². The summed E-state index contributed by atoms with van der Waals surface area (Å²) >= 11 is 6.04. The van der Waals surface area contributed by atoms with E-state index in [-0.39, 0.29) is 11.2 Å². The highest BCUT2D eigenvalue weighted by molar-refractivity contribution is 6.21. The molecule has 1 unspecified atom stereocenters. The van der Waals surface area contributed by atoms with E-state index in [0.717, 1.165) is 36.5 Å². The lowest BCUT2D eigenvalue weighted by molar-refractivity contribution is 0.629. The molecule has 2 aromatic rings. The molecule has 1 saturated heterocycles. The number of nitrogens with one attached hydrogen (secondary N) is 1. The molecule has 1 aromatic carbocycles. The zero-order valence-corrected chi connectivity index (χ0v) is 9.34. The number of alkyl halides is 1. The van der Waals surface area contributed by atoms with Crippen LogP contribution in [0.1, 0.15) is 6.42 Å². The average molecular weight is 240 g/mol. The molecule has 1 aliphatic rings. The smallest absolute Gasteiger partial charge is 0.203 e.